The largest absolute Gasteiger partial charge is 0.551 e. The summed E-state index contributed by atoms with van der Waals surface area (Å²) in [6.45, 7) is 5.73. The second kappa shape index (κ2) is 13.4. The molecule has 3 N–H and O–H groups in total. The number of carbonyl (C=O) groups excluding carboxylic acids is 3. The molecule has 11 heteroatoms. The second-order valence-electron chi connectivity index (χ2n) is 8.99. The van der Waals surface area contributed by atoms with Gasteiger partial charge in [0, 0.05) is 17.9 Å². The Morgan fingerprint density at radius 2 is 1.86 bits per heavy atom. The first kappa shape index (κ1) is 27.7. The lowest BCUT2D eigenvalue weighted by Gasteiger charge is -2.29. The monoisotopic (exact) mass is 513 g/mol. The summed E-state index contributed by atoms with van der Waals surface area (Å²) in [5.41, 5.74) is 1.57. The fraction of sp³-hybridized carbons (Fsp3) is 0.440. The number of rotatable bonds is 9. The summed E-state index contributed by atoms with van der Waals surface area (Å²) in [5, 5.41) is 15.7. The molecular weight excluding hydrogens is 481 g/mol. The van der Waals surface area contributed by atoms with Gasteiger partial charge in [-0.2, -0.15) is 0 Å². The smallest absolute Gasteiger partial charge is 0.508 e. The average molecular weight is 513 g/mol. The molecule has 0 saturated carbocycles. The van der Waals surface area contributed by atoms with Gasteiger partial charge >= 0.3 is 7.12 Å². The molecule has 2 amide bonds. The van der Waals surface area contributed by atoms with Crippen LogP contribution in [-0.2, 0) is 18.9 Å². The first-order chi connectivity index (χ1) is 17.2. The Morgan fingerprint density at radius 1 is 1.11 bits per heavy atom. The van der Waals surface area contributed by atoms with Crippen molar-refractivity contribution in [2.75, 3.05) is 18.1 Å². The minimum absolute atomic E-state index is 0.114. The van der Waals surface area contributed by atoms with E-state index in [1.807, 2.05) is 44.2 Å². The van der Waals surface area contributed by atoms with Gasteiger partial charge in [0.05, 0.1) is 23.5 Å². The van der Waals surface area contributed by atoms with Crippen molar-refractivity contribution >= 4 is 36.7 Å². The second-order valence-corrected chi connectivity index (χ2v) is 10.1. The highest BCUT2D eigenvalue weighted by atomic mass is 32.2. The van der Waals surface area contributed by atoms with E-state index in [-0.39, 0.29) is 17.4 Å². The van der Waals surface area contributed by atoms with Crippen molar-refractivity contribution in [1.82, 2.24) is 15.6 Å². The fourth-order valence-corrected chi connectivity index (χ4v) is 4.34. The molecule has 192 valence electrons. The first-order valence-electron chi connectivity index (χ1n) is 11.9. The summed E-state index contributed by atoms with van der Waals surface area (Å²) in [5.74, 6) is -1.28. The molecule has 9 nitrogen and oxygen atoms in total. The van der Waals surface area contributed by atoms with Crippen molar-refractivity contribution in [3.63, 3.8) is 0 Å². The molecule has 1 fully saturated rings. The van der Waals surface area contributed by atoms with E-state index in [4.69, 9.17) is 9.31 Å². The Morgan fingerprint density at radius 3 is 2.56 bits per heavy atom. The van der Waals surface area contributed by atoms with E-state index < -0.39 is 43.0 Å². The van der Waals surface area contributed by atoms with Crippen LogP contribution in [-0.4, -0.2) is 71.2 Å². The SMILES string of the molecule is CC(C)C[C@H](NC(=O)[C@@H](NC(=O)c1cccc(-c2ccccc2)n1)[C@@H](C)O)B1OCCSCC(=O)O1. The van der Waals surface area contributed by atoms with Crippen LogP contribution in [0, 0.1) is 5.92 Å². The summed E-state index contributed by atoms with van der Waals surface area (Å²) in [6, 6.07) is 13.2. The Bertz CT molecular complexity index is 1040. The molecule has 3 atom stereocenters. The highest BCUT2D eigenvalue weighted by Gasteiger charge is 2.39. The zero-order chi connectivity index (χ0) is 26.1. The van der Waals surface area contributed by atoms with Gasteiger partial charge in [0.2, 0.25) is 5.91 Å². The van der Waals surface area contributed by atoms with Crippen LogP contribution in [0.15, 0.2) is 48.5 Å². The Balaban J connectivity index is 1.74. The van der Waals surface area contributed by atoms with Crippen LogP contribution >= 0.6 is 11.8 Å². The van der Waals surface area contributed by atoms with E-state index in [1.54, 1.807) is 18.2 Å². The van der Waals surface area contributed by atoms with E-state index in [0.29, 0.717) is 24.5 Å². The number of thioether (sulfide) groups is 1. The van der Waals surface area contributed by atoms with E-state index in [0.717, 1.165) is 5.56 Å². The molecule has 0 bridgehead atoms. The van der Waals surface area contributed by atoms with Crippen LogP contribution in [0.3, 0.4) is 0 Å². The highest BCUT2D eigenvalue weighted by molar-refractivity contribution is 7.99. The average Bonchev–Trinajstić information content (AvgIpc) is 2.84. The predicted octanol–water partition coefficient (Wildman–Crippen LogP) is 2.09. The summed E-state index contributed by atoms with van der Waals surface area (Å²) in [4.78, 5) is 42.6. The molecular formula is C25H32BN3O6S. The van der Waals surface area contributed by atoms with Gasteiger partial charge in [0.25, 0.3) is 11.9 Å². The molecule has 2 aromatic rings. The van der Waals surface area contributed by atoms with Crippen LogP contribution in [0.1, 0.15) is 37.7 Å². The van der Waals surface area contributed by atoms with Crippen molar-refractivity contribution in [2.24, 2.45) is 5.92 Å². The lowest BCUT2D eigenvalue weighted by Crippen LogP contribution is -2.59. The number of aromatic nitrogens is 1. The molecule has 0 aliphatic carbocycles. The minimum atomic E-state index is -1.26. The number of pyridine rings is 1. The Hall–Kier alpha value is -2.89. The summed E-state index contributed by atoms with van der Waals surface area (Å²) < 4.78 is 11.2. The third-order valence-electron chi connectivity index (χ3n) is 5.46. The molecule has 0 radical (unpaired) electrons. The summed E-state index contributed by atoms with van der Waals surface area (Å²) >= 11 is 1.42. The van der Waals surface area contributed by atoms with E-state index in [9.17, 15) is 19.5 Å². The van der Waals surface area contributed by atoms with Gasteiger partial charge in [-0.25, -0.2) is 4.98 Å². The van der Waals surface area contributed by atoms with Gasteiger partial charge in [0.15, 0.2) is 0 Å². The van der Waals surface area contributed by atoms with E-state index in [2.05, 4.69) is 15.6 Å². The van der Waals surface area contributed by atoms with Gasteiger partial charge in [-0.3, -0.25) is 14.4 Å². The number of nitrogens with one attached hydrogen (secondary N) is 2. The normalized spacial score (nSPS) is 16.8. The van der Waals surface area contributed by atoms with Crippen molar-refractivity contribution in [2.45, 2.75) is 45.3 Å². The topological polar surface area (TPSA) is 127 Å². The molecule has 3 rings (SSSR count). The van der Waals surface area contributed by atoms with E-state index in [1.165, 1.54) is 18.7 Å². The zero-order valence-corrected chi connectivity index (χ0v) is 21.5. The highest BCUT2D eigenvalue weighted by Crippen LogP contribution is 2.17. The molecule has 1 aromatic heterocycles. The first-order valence-corrected chi connectivity index (χ1v) is 13.1. The fourth-order valence-electron chi connectivity index (χ4n) is 3.74. The number of aliphatic hydroxyl groups excluding tert-OH is 1. The van der Waals surface area contributed by atoms with Crippen LogP contribution in [0.2, 0.25) is 0 Å². The van der Waals surface area contributed by atoms with Gasteiger partial charge in [-0.1, -0.05) is 50.2 Å². The number of hydrogen-bond donors (Lipinski definition) is 3. The molecule has 2 heterocycles. The van der Waals surface area contributed by atoms with Crippen LogP contribution in [0.4, 0.5) is 0 Å². The quantitative estimate of drug-likeness (QED) is 0.435. The molecule has 0 unspecified atom stereocenters. The van der Waals surface area contributed by atoms with Crippen LogP contribution in [0.5, 0.6) is 0 Å². The van der Waals surface area contributed by atoms with Crippen molar-refractivity contribution in [3.8, 4) is 11.3 Å². The minimum Gasteiger partial charge on any atom is -0.508 e. The van der Waals surface area contributed by atoms with Crippen LogP contribution < -0.4 is 10.6 Å². The zero-order valence-electron chi connectivity index (χ0n) is 20.7. The number of nitrogens with zero attached hydrogens (tertiary/aromatic N) is 1. The van der Waals surface area contributed by atoms with E-state index >= 15 is 0 Å². The third-order valence-corrected chi connectivity index (χ3v) is 6.36. The number of benzene rings is 1. The molecule has 36 heavy (non-hydrogen) atoms. The summed E-state index contributed by atoms with van der Waals surface area (Å²) in [6.07, 6.45) is -0.721. The van der Waals surface area contributed by atoms with Crippen molar-refractivity contribution in [1.29, 1.82) is 0 Å². The number of aliphatic hydroxyl groups is 1. The molecule has 1 aliphatic heterocycles. The van der Waals surface area contributed by atoms with Gasteiger partial charge in [-0.15, -0.1) is 11.8 Å². The maximum atomic E-state index is 13.2. The Kier molecular flexibility index (Phi) is 10.3. The summed E-state index contributed by atoms with van der Waals surface area (Å²) in [7, 11) is -0.959. The maximum absolute atomic E-state index is 13.2. The number of hydrogen-bond acceptors (Lipinski definition) is 8. The lowest BCUT2D eigenvalue weighted by molar-refractivity contribution is -0.134. The standard InChI is InChI=1S/C25H32BN3O6S/c1-16(2)14-21(26-34-12-13-36-15-22(31)35-26)28-25(33)23(17(3)30)29-24(32)20-11-7-10-19(27-20)18-8-5-4-6-9-18/h4-11,16-17,21,23,30H,12-15H2,1-3H3,(H,28,33)(H,29,32)/t17-,21+,23+/m1/s1. The van der Waals surface area contributed by atoms with Crippen molar-refractivity contribution < 1.29 is 28.8 Å². The Labute approximate surface area is 215 Å². The number of carbonyl (C=O) groups is 3. The lowest BCUT2D eigenvalue weighted by atomic mass is 9.73. The molecule has 1 saturated heterocycles. The van der Waals surface area contributed by atoms with Crippen LogP contribution in [0.25, 0.3) is 11.3 Å². The third kappa shape index (κ3) is 8.07. The van der Waals surface area contributed by atoms with Crippen molar-refractivity contribution in [3.05, 3.63) is 54.2 Å². The number of amides is 2. The molecule has 0 spiro atoms. The van der Waals surface area contributed by atoms with Gasteiger partial charge in [0.1, 0.15) is 11.7 Å². The predicted molar refractivity (Wildman–Crippen MR) is 139 cm³/mol. The van der Waals surface area contributed by atoms with Gasteiger partial charge in [-0.05, 0) is 31.4 Å². The molecule has 1 aromatic carbocycles. The molecule has 1 aliphatic rings. The maximum Gasteiger partial charge on any atom is 0.551 e. The van der Waals surface area contributed by atoms with Gasteiger partial charge < -0.3 is 25.0 Å².